The first-order valence-electron chi connectivity index (χ1n) is 9.19. The average Bonchev–Trinajstić information content (AvgIpc) is 2.71. The Hall–Kier alpha value is -3.01. The summed E-state index contributed by atoms with van der Waals surface area (Å²) in [5, 5.41) is 5.36. The van der Waals surface area contributed by atoms with Crippen LogP contribution in [-0.2, 0) is 11.2 Å². The Morgan fingerprint density at radius 2 is 1.67 bits per heavy atom. The highest BCUT2D eigenvalue weighted by Gasteiger charge is 2.14. The van der Waals surface area contributed by atoms with Crippen molar-refractivity contribution < 1.29 is 14.3 Å². The van der Waals surface area contributed by atoms with E-state index in [1.165, 1.54) is 16.3 Å². The van der Waals surface area contributed by atoms with E-state index in [0.717, 1.165) is 0 Å². The number of hydrogen-bond donors (Lipinski definition) is 1. The van der Waals surface area contributed by atoms with Crippen LogP contribution >= 0.6 is 0 Å². The number of carbonyl (C=O) groups is 1. The first-order valence-corrected chi connectivity index (χ1v) is 9.19. The van der Waals surface area contributed by atoms with Gasteiger partial charge in [-0.2, -0.15) is 0 Å². The molecule has 0 saturated heterocycles. The van der Waals surface area contributed by atoms with Crippen molar-refractivity contribution in [3.05, 3.63) is 72.3 Å². The second-order valence-electron chi connectivity index (χ2n) is 6.53. The lowest BCUT2D eigenvalue weighted by atomic mass is 9.95. The molecule has 0 heterocycles. The number of fused-ring (bicyclic) bond motifs is 1. The van der Waals surface area contributed by atoms with Gasteiger partial charge in [-0.3, -0.25) is 4.79 Å². The van der Waals surface area contributed by atoms with E-state index in [-0.39, 0.29) is 11.8 Å². The summed E-state index contributed by atoms with van der Waals surface area (Å²) < 4.78 is 10.9. The van der Waals surface area contributed by atoms with Gasteiger partial charge in [-0.25, -0.2) is 0 Å². The molecule has 140 valence electrons. The quantitative estimate of drug-likeness (QED) is 0.610. The predicted octanol–water partition coefficient (Wildman–Crippen LogP) is 4.22. The minimum atomic E-state index is -0.109. The highest BCUT2D eigenvalue weighted by Crippen LogP contribution is 2.25. The van der Waals surface area contributed by atoms with Crippen molar-refractivity contribution >= 4 is 16.7 Å². The van der Waals surface area contributed by atoms with Crippen molar-refractivity contribution in [1.29, 1.82) is 0 Å². The summed E-state index contributed by atoms with van der Waals surface area (Å²) >= 11 is 0. The van der Waals surface area contributed by atoms with E-state index in [4.69, 9.17) is 9.47 Å². The van der Waals surface area contributed by atoms with Crippen molar-refractivity contribution in [3.8, 4) is 11.5 Å². The lowest BCUT2D eigenvalue weighted by molar-refractivity contribution is -0.124. The monoisotopic (exact) mass is 363 g/mol. The second kappa shape index (κ2) is 9.08. The highest BCUT2D eigenvalue weighted by atomic mass is 16.5. The molecule has 4 nitrogen and oxygen atoms in total. The maximum atomic E-state index is 12.4. The third-order valence-corrected chi connectivity index (χ3v) is 4.58. The number of methoxy groups -OCH3 is 1. The van der Waals surface area contributed by atoms with E-state index in [2.05, 4.69) is 29.6 Å². The lowest BCUT2D eigenvalue weighted by Crippen LogP contribution is -2.33. The van der Waals surface area contributed by atoms with E-state index in [1.54, 1.807) is 7.11 Å². The summed E-state index contributed by atoms with van der Waals surface area (Å²) in [4.78, 5) is 12.4. The van der Waals surface area contributed by atoms with Crippen LogP contribution < -0.4 is 14.8 Å². The molecule has 4 heteroatoms. The maximum absolute atomic E-state index is 12.4. The van der Waals surface area contributed by atoms with Crippen LogP contribution in [0.1, 0.15) is 12.5 Å². The molecular formula is C23H25NO3. The second-order valence-corrected chi connectivity index (χ2v) is 6.53. The fraction of sp³-hybridized carbons (Fsp3) is 0.261. The van der Waals surface area contributed by atoms with Gasteiger partial charge in [0.25, 0.3) is 0 Å². The molecule has 27 heavy (non-hydrogen) atoms. The van der Waals surface area contributed by atoms with Gasteiger partial charge in [-0.15, -0.1) is 0 Å². The molecular weight excluding hydrogens is 338 g/mol. The van der Waals surface area contributed by atoms with E-state index in [0.29, 0.717) is 31.1 Å². The number of carbonyl (C=O) groups excluding carboxylic acids is 1. The van der Waals surface area contributed by atoms with Gasteiger partial charge in [0.1, 0.15) is 6.61 Å². The summed E-state index contributed by atoms with van der Waals surface area (Å²) in [6.07, 6.45) is 0.709. The molecule has 0 bridgehead atoms. The largest absolute Gasteiger partial charge is 0.493 e. The third kappa shape index (κ3) is 4.79. The molecule has 0 aliphatic carbocycles. The first kappa shape index (κ1) is 18.8. The molecule has 0 saturated carbocycles. The van der Waals surface area contributed by atoms with Crippen LogP contribution in [0, 0.1) is 5.92 Å². The van der Waals surface area contributed by atoms with Crippen LogP contribution in [0.3, 0.4) is 0 Å². The van der Waals surface area contributed by atoms with Gasteiger partial charge >= 0.3 is 0 Å². The van der Waals surface area contributed by atoms with Gasteiger partial charge in [0, 0.05) is 5.92 Å². The van der Waals surface area contributed by atoms with Crippen molar-refractivity contribution in [1.82, 2.24) is 5.32 Å². The number of amides is 1. The summed E-state index contributed by atoms with van der Waals surface area (Å²) in [5.41, 5.74) is 1.20. The Labute approximate surface area is 160 Å². The molecule has 1 unspecified atom stereocenters. The molecule has 0 aromatic heterocycles. The van der Waals surface area contributed by atoms with Gasteiger partial charge in [-0.1, -0.05) is 61.5 Å². The summed E-state index contributed by atoms with van der Waals surface area (Å²) in [5.74, 6) is 1.29. The SMILES string of the molecule is COc1ccccc1OCCNC(=O)C(C)Cc1cccc2ccccc12. The molecule has 1 N–H and O–H groups in total. The van der Waals surface area contributed by atoms with E-state index < -0.39 is 0 Å². The molecule has 3 aromatic carbocycles. The Morgan fingerprint density at radius 3 is 2.48 bits per heavy atom. The van der Waals surface area contributed by atoms with Crippen molar-refractivity contribution in [3.63, 3.8) is 0 Å². The van der Waals surface area contributed by atoms with E-state index in [9.17, 15) is 4.79 Å². The zero-order valence-electron chi connectivity index (χ0n) is 15.8. The predicted molar refractivity (Wildman–Crippen MR) is 108 cm³/mol. The first-order chi connectivity index (χ1) is 13.2. The standard InChI is InChI=1S/C23H25NO3/c1-17(16-19-10-7-9-18-8-3-4-11-20(18)19)23(25)24-14-15-27-22-13-6-5-12-21(22)26-2/h3-13,17H,14-16H2,1-2H3,(H,24,25). The topological polar surface area (TPSA) is 47.6 Å². The maximum Gasteiger partial charge on any atom is 0.223 e. The minimum absolute atomic E-state index is 0.0339. The number of para-hydroxylation sites is 2. The van der Waals surface area contributed by atoms with Gasteiger partial charge in [0.05, 0.1) is 13.7 Å². The fourth-order valence-corrected chi connectivity index (χ4v) is 3.14. The van der Waals surface area contributed by atoms with E-state index >= 15 is 0 Å². The van der Waals surface area contributed by atoms with Crippen molar-refractivity contribution in [2.45, 2.75) is 13.3 Å². The van der Waals surface area contributed by atoms with E-state index in [1.807, 2.05) is 49.4 Å². The molecule has 0 radical (unpaired) electrons. The molecule has 1 amide bonds. The van der Waals surface area contributed by atoms with Crippen LogP contribution in [0.25, 0.3) is 10.8 Å². The Balaban J connectivity index is 1.50. The molecule has 1 atom stereocenters. The molecule has 0 spiro atoms. The zero-order chi connectivity index (χ0) is 19.1. The number of nitrogens with one attached hydrogen (secondary N) is 1. The Morgan fingerprint density at radius 1 is 0.963 bits per heavy atom. The minimum Gasteiger partial charge on any atom is -0.493 e. The van der Waals surface area contributed by atoms with Crippen LogP contribution in [0.15, 0.2) is 66.7 Å². The van der Waals surface area contributed by atoms with Crippen LogP contribution in [-0.4, -0.2) is 26.2 Å². The normalized spacial score (nSPS) is 11.8. The van der Waals surface area contributed by atoms with Gasteiger partial charge < -0.3 is 14.8 Å². The van der Waals surface area contributed by atoms with Crippen molar-refractivity contribution in [2.24, 2.45) is 5.92 Å². The fourth-order valence-electron chi connectivity index (χ4n) is 3.14. The summed E-state index contributed by atoms with van der Waals surface area (Å²) in [7, 11) is 1.61. The summed E-state index contributed by atoms with van der Waals surface area (Å²) in [6, 6.07) is 22.0. The smallest absolute Gasteiger partial charge is 0.223 e. The Bertz CT molecular complexity index is 902. The zero-order valence-corrected chi connectivity index (χ0v) is 15.8. The molecule has 3 rings (SSSR count). The third-order valence-electron chi connectivity index (χ3n) is 4.58. The molecule has 0 fully saturated rings. The number of hydrogen-bond acceptors (Lipinski definition) is 3. The van der Waals surface area contributed by atoms with Gasteiger partial charge in [0.2, 0.25) is 5.91 Å². The molecule has 0 aliphatic rings. The van der Waals surface area contributed by atoms with Gasteiger partial charge in [-0.05, 0) is 34.9 Å². The molecule has 3 aromatic rings. The van der Waals surface area contributed by atoms with Crippen molar-refractivity contribution in [2.75, 3.05) is 20.3 Å². The average molecular weight is 363 g/mol. The number of benzene rings is 3. The highest BCUT2D eigenvalue weighted by molar-refractivity contribution is 5.86. The number of ether oxygens (including phenoxy) is 2. The Kier molecular flexibility index (Phi) is 6.31. The lowest BCUT2D eigenvalue weighted by Gasteiger charge is -2.15. The van der Waals surface area contributed by atoms with Crippen LogP contribution in [0.2, 0.25) is 0 Å². The molecule has 0 aliphatic heterocycles. The van der Waals surface area contributed by atoms with Crippen LogP contribution in [0.5, 0.6) is 11.5 Å². The summed E-state index contributed by atoms with van der Waals surface area (Å²) in [6.45, 7) is 2.81. The number of rotatable bonds is 8. The van der Waals surface area contributed by atoms with Gasteiger partial charge in [0.15, 0.2) is 11.5 Å². The van der Waals surface area contributed by atoms with Crippen LogP contribution in [0.4, 0.5) is 0 Å².